The van der Waals surface area contributed by atoms with Crippen LogP contribution in [-0.2, 0) is 7.05 Å². The predicted octanol–water partition coefficient (Wildman–Crippen LogP) is 2.97. The zero-order valence-corrected chi connectivity index (χ0v) is 19.3. The summed E-state index contributed by atoms with van der Waals surface area (Å²) in [6.45, 7) is 0. The van der Waals surface area contributed by atoms with Crippen molar-refractivity contribution < 1.29 is 19.0 Å². The molecule has 0 bridgehead atoms. The Labute approximate surface area is 201 Å². The van der Waals surface area contributed by atoms with E-state index >= 15 is 0 Å². The third-order valence-corrected chi connectivity index (χ3v) is 6.13. The van der Waals surface area contributed by atoms with Crippen molar-refractivity contribution in [2.24, 2.45) is 7.05 Å². The van der Waals surface area contributed by atoms with E-state index in [1.54, 1.807) is 54.6 Å². The van der Waals surface area contributed by atoms with Gasteiger partial charge < -0.3 is 20.5 Å². The average Bonchev–Trinajstić information content (AvgIpc) is 3.26. The second kappa shape index (κ2) is 9.30. The van der Waals surface area contributed by atoms with Gasteiger partial charge in [-0.25, -0.2) is 14.4 Å². The molecule has 1 aliphatic rings. The maximum absolute atomic E-state index is 14.5. The molecule has 35 heavy (non-hydrogen) atoms. The zero-order valence-electron chi connectivity index (χ0n) is 19.3. The number of hydrogen-bond donors (Lipinski definition) is 3. The number of aliphatic hydroxyl groups excluding tert-OH is 1. The van der Waals surface area contributed by atoms with Crippen LogP contribution in [0, 0.1) is 5.82 Å². The quantitative estimate of drug-likeness (QED) is 0.376. The standard InChI is InChI=1S/C25H25FN6O3/c1-32-13-17(12-28-32)23(14-5-6-22(35-2)20(26)7-14)31-24(34)15-3-4-16-11-27-25(30-21(16)8-15)29-18-9-19(33)10-18/h3-8,11-13,18-19,23,33H,9-10H2,1-2H3,(H,31,34)(H,27,29,30). The number of anilines is 1. The Kier molecular flexibility index (Phi) is 6.04. The van der Waals surface area contributed by atoms with Crippen LogP contribution in [0.25, 0.3) is 10.9 Å². The molecule has 0 radical (unpaired) electrons. The number of carbonyl (C=O) groups is 1. The molecule has 5 rings (SSSR count). The Bertz CT molecular complexity index is 1380. The minimum absolute atomic E-state index is 0.125. The maximum atomic E-state index is 14.5. The summed E-state index contributed by atoms with van der Waals surface area (Å²) in [6, 6.07) is 9.28. The summed E-state index contributed by atoms with van der Waals surface area (Å²) in [5.74, 6) is -0.282. The smallest absolute Gasteiger partial charge is 0.252 e. The molecule has 3 N–H and O–H groups in total. The second-order valence-corrected chi connectivity index (χ2v) is 8.68. The van der Waals surface area contributed by atoms with Crippen LogP contribution < -0.4 is 15.4 Å². The highest BCUT2D eigenvalue weighted by Crippen LogP contribution is 2.27. The van der Waals surface area contributed by atoms with Crippen LogP contribution in [0.3, 0.4) is 0 Å². The molecule has 1 fully saturated rings. The van der Waals surface area contributed by atoms with E-state index in [2.05, 4.69) is 25.7 Å². The lowest BCUT2D eigenvalue weighted by Crippen LogP contribution is -2.39. The molecule has 1 unspecified atom stereocenters. The summed E-state index contributed by atoms with van der Waals surface area (Å²) in [5.41, 5.74) is 2.29. The molecular weight excluding hydrogens is 451 g/mol. The number of aryl methyl sites for hydroxylation is 1. The fraction of sp³-hybridized carbons (Fsp3) is 0.280. The highest BCUT2D eigenvalue weighted by atomic mass is 19.1. The van der Waals surface area contributed by atoms with Crippen LogP contribution in [0.15, 0.2) is 55.0 Å². The molecule has 9 nitrogen and oxygen atoms in total. The monoisotopic (exact) mass is 476 g/mol. The summed E-state index contributed by atoms with van der Waals surface area (Å²) in [6.07, 6.45) is 6.14. The Balaban J connectivity index is 1.41. The van der Waals surface area contributed by atoms with Crippen LogP contribution >= 0.6 is 0 Å². The molecule has 0 saturated heterocycles. The maximum Gasteiger partial charge on any atom is 0.252 e. The Morgan fingerprint density at radius 2 is 2.03 bits per heavy atom. The summed E-state index contributed by atoms with van der Waals surface area (Å²) in [5, 5.41) is 20.7. The fourth-order valence-electron chi connectivity index (χ4n) is 4.15. The van der Waals surface area contributed by atoms with Gasteiger partial charge in [0.1, 0.15) is 0 Å². The molecule has 1 amide bonds. The number of amides is 1. The van der Waals surface area contributed by atoms with Gasteiger partial charge in [-0.3, -0.25) is 9.48 Å². The van der Waals surface area contributed by atoms with Gasteiger partial charge in [0.05, 0.1) is 31.0 Å². The molecule has 2 aromatic heterocycles. The Hall–Kier alpha value is -4.05. The van der Waals surface area contributed by atoms with E-state index in [1.807, 2.05) is 0 Å². The van der Waals surface area contributed by atoms with Crippen molar-refractivity contribution in [1.82, 2.24) is 25.1 Å². The summed E-state index contributed by atoms with van der Waals surface area (Å²) >= 11 is 0. The number of hydrogen-bond acceptors (Lipinski definition) is 7. The number of methoxy groups -OCH3 is 1. The number of nitrogens with one attached hydrogen (secondary N) is 2. The van der Waals surface area contributed by atoms with Crippen LogP contribution in [0.2, 0.25) is 0 Å². The van der Waals surface area contributed by atoms with Crippen LogP contribution in [0.5, 0.6) is 5.75 Å². The van der Waals surface area contributed by atoms with E-state index in [1.165, 1.54) is 19.2 Å². The number of rotatable bonds is 7. The second-order valence-electron chi connectivity index (χ2n) is 8.68. The SMILES string of the molecule is COc1ccc(C(NC(=O)c2ccc3cnc(NC4CC(O)C4)nc3c2)c2cnn(C)c2)cc1F. The first-order valence-corrected chi connectivity index (χ1v) is 11.2. The third-order valence-electron chi connectivity index (χ3n) is 6.13. The topological polar surface area (TPSA) is 114 Å². The highest BCUT2D eigenvalue weighted by molar-refractivity contribution is 5.98. The van der Waals surface area contributed by atoms with E-state index in [0.29, 0.717) is 41.0 Å². The lowest BCUT2D eigenvalue weighted by atomic mass is 9.90. The molecule has 180 valence electrons. The van der Waals surface area contributed by atoms with Gasteiger partial charge in [0.2, 0.25) is 5.95 Å². The van der Waals surface area contributed by atoms with Crippen molar-refractivity contribution in [2.75, 3.05) is 12.4 Å². The average molecular weight is 477 g/mol. The van der Waals surface area contributed by atoms with Crippen LogP contribution in [0.1, 0.15) is 40.4 Å². The van der Waals surface area contributed by atoms with E-state index < -0.39 is 11.9 Å². The first kappa shape index (κ1) is 22.7. The predicted molar refractivity (Wildman–Crippen MR) is 128 cm³/mol. The van der Waals surface area contributed by atoms with E-state index in [9.17, 15) is 14.3 Å². The molecule has 1 aliphatic carbocycles. The number of fused-ring (bicyclic) bond motifs is 1. The van der Waals surface area contributed by atoms with Gasteiger partial charge in [-0.15, -0.1) is 0 Å². The minimum atomic E-state index is -0.625. The van der Waals surface area contributed by atoms with Crippen molar-refractivity contribution in [3.63, 3.8) is 0 Å². The Morgan fingerprint density at radius 1 is 1.20 bits per heavy atom. The number of ether oxygens (including phenoxy) is 1. The van der Waals surface area contributed by atoms with Crippen molar-refractivity contribution in [3.8, 4) is 5.75 Å². The number of aliphatic hydroxyl groups is 1. The molecule has 4 aromatic rings. The number of nitrogens with zero attached hydrogens (tertiary/aromatic N) is 4. The summed E-state index contributed by atoms with van der Waals surface area (Å²) in [4.78, 5) is 22.1. The lowest BCUT2D eigenvalue weighted by Gasteiger charge is -2.31. The molecule has 2 heterocycles. The van der Waals surface area contributed by atoms with Gasteiger partial charge in [-0.2, -0.15) is 5.10 Å². The summed E-state index contributed by atoms with van der Waals surface area (Å²) < 4.78 is 21.1. The van der Waals surface area contributed by atoms with Crippen LogP contribution in [0.4, 0.5) is 10.3 Å². The van der Waals surface area contributed by atoms with Gasteiger partial charge in [-0.05, 0) is 42.7 Å². The normalized spacial score (nSPS) is 18.1. The minimum Gasteiger partial charge on any atom is -0.494 e. The van der Waals surface area contributed by atoms with E-state index in [4.69, 9.17) is 4.74 Å². The number of carbonyl (C=O) groups excluding carboxylic acids is 1. The molecule has 10 heteroatoms. The van der Waals surface area contributed by atoms with Gasteiger partial charge in [-0.1, -0.05) is 12.1 Å². The first-order chi connectivity index (χ1) is 16.9. The van der Waals surface area contributed by atoms with Gasteiger partial charge >= 0.3 is 0 Å². The van der Waals surface area contributed by atoms with Gasteiger partial charge in [0.15, 0.2) is 11.6 Å². The first-order valence-electron chi connectivity index (χ1n) is 11.2. The summed E-state index contributed by atoms with van der Waals surface area (Å²) in [7, 11) is 3.17. The zero-order chi connectivity index (χ0) is 24.5. The molecule has 0 aliphatic heterocycles. The van der Waals surface area contributed by atoms with E-state index in [-0.39, 0.29) is 23.8 Å². The number of aromatic nitrogens is 4. The van der Waals surface area contributed by atoms with Crippen molar-refractivity contribution in [3.05, 3.63) is 77.5 Å². The van der Waals surface area contributed by atoms with Crippen LogP contribution in [-0.4, -0.2) is 50.0 Å². The molecule has 1 atom stereocenters. The van der Waals surface area contributed by atoms with Crippen molar-refractivity contribution in [2.45, 2.75) is 31.0 Å². The van der Waals surface area contributed by atoms with Crippen molar-refractivity contribution in [1.29, 1.82) is 0 Å². The largest absolute Gasteiger partial charge is 0.494 e. The molecule has 2 aromatic carbocycles. The number of benzene rings is 2. The molecule has 1 saturated carbocycles. The van der Waals surface area contributed by atoms with Gasteiger partial charge in [0.25, 0.3) is 5.91 Å². The number of halogens is 1. The highest BCUT2D eigenvalue weighted by Gasteiger charge is 2.27. The van der Waals surface area contributed by atoms with Crippen molar-refractivity contribution >= 4 is 22.8 Å². The van der Waals surface area contributed by atoms with Gasteiger partial charge in [0, 0.05) is 42.0 Å². The fourth-order valence-corrected chi connectivity index (χ4v) is 4.15. The van der Waals surface area contributed by atoms with E-state index in [0.717, 1.165) is 5.39 Å². The third kappa shape index (κ3) is 4.78. The lowest BCUT2D eigenvalue weighted by molar-refractivity contribution is 0.0834. The molecular formula is C25H25FN6O3. The Morgan fingerprint density at radius 3 is 2.71 bits per heavy atom. The molecule has 0 spiro atoms.